The van der Waals surface area contributed by atoms with Crippen LogP contribution in [-0.2, 0) is 4.79 Å². The summed E-state index contributed by atoms with van der Waals surface area (Å²) in [6.07, 6.45) is 1.34. The third-order valence-corrected chi connectivity index (χ3v) is 1.08. The zero-order valence-electron chi connectivity index (χ0n) is 7.34. The van der Waals surface area contributed by atoms with Crippen molar-refractivity contribution in [2.75, 3.05) is 6.54 Å². The van der Waals surface area contributed by atoms with E-state index in [1.54, 1.807) is 0 Å². The highest BCUT2D eigenvalue weighted by Gasteiger charge is 2.06. The molecule has 6 N–H and O–H groups in total. The zero-order chi connectivity index (χ0) is 9.28. The number of carbonyl (C=O) groups excluding carboxylic acids is 1. The SMILES string of the molecule is CC.NCCCC(N)C(N)=O. The van der Waals surface area contributed by atoms with E-state index in [1.165, 1.54) is 0 Å². The fourth-order valence-electron chi connectivity index (χ4n) is 0.480. The Kier molecular flexibility index (Phi) is 11.1. The van der Waals surface area contributed by atoms with Crippen molar-refractivity contribution < 1.29 is 4.79 Å². The van der Waals surface area contributed by atoms with Gasteiger partial charge in [-0.15, -0.1) is 0 Å². The van der Waals surface area contributed by atoms with Crippen molar-refractivity contribution in [2.24, 2.45) is 17.2 Å². The predicted octanol–water partition coefficient (Wildman–Crippen LogP) is -0.436. The Balaban J connectivity index is 0. The molecule has 1 atom stereocenters. The summed E-state index contributed by atoms with van der Waals surface area (Å²) in [4.78, 5) is 10.3. The van der Waals surface area contributed by atoms with Crippen LogP contribution < -0.4 is 17.2 Å². The second-order valence-corrected chi connectivity index (χ2v) is 1.94. The Bertz CT molecular complexity index is 95.7. The zero-order valence-corrected chi connectivity index (χ0v) is 7.34. The molecule has 0 saturated carbocycles. The van der Waals surface area contributed by atoms with Gasteiger partial charge >= 0.3 is 0 Å². The number of primary amides is 1. The quantitative estimate of drug-likeness (QED) is 0.521. The molecule has 0 fully saturated rings. The molecule has 68 valence electrons. The number of rotatable bonds is 4. The molecule has 0 bridgehead atoms. The van der Waals surface area contributed by atoms with Crippen LogP contribution in [0, 0.1) is 0 Å². The van der Waals surface area contributed by atoms with E-state index in [-0.39, 0.29) is 0 Å². The molecule has 0 aliphatic rings. The van der Waals surface area contributed by atoms with Crippen molar-refractivity contribution in [3.8, 4) is 0 Å². The van der Waals surface area contributed by atoms with Crippen LogP contribution in [0.2, 0.25) is 0 Å². The summed E-state index contributed by atoms with van der Waals surface area (Å²) < 4.78 is 0. The van der Waals surface area contributed by atoms with Gasteiger partial charge in [-0.25, -0.2) is 0 Å². The summed E-state index contributed by atoms with van der Waals surface area (Å²) in [5.74, 6) is -0.455. The minimum atomic E-state index is -0.520. The van der Waals surface area contributed by atoms with Gasteiger partial charge in [0.05, 0.1) is 6.04 Å². The molecule has 4 nitrogen and oxygen atoms in total. The van der Waals surface area contributed by atoms with E-state index < -0.39 is 11.9 Å². The molecule has 1 amide bonds. The van der Waals surface area contributed by atoms with Crippen LogP contribution >= 0.6 is 0 Å². The van der Waals surface area contributed by atoms with Crippen LogP contribution in [0.25, 0.3) is 0 Å². The molecular weight excluding hydrogens is 142 g/mol. The topological polar surface area (TPSA) is 95.1 Å². The van der Waals surface area contributed by atoms with E-state index in [9.17, 15) is 4.79 Å². The van der Waals surface area contributed by atoms with Crippen LogP contribution in [0.1, 0.15) is 26.7 Å². The van der Waals surface area contributed by atoms with Gasteiger partial charge in [-0.1, -0.05) is 13.8 Å². The number of nitrogens with two attached hydrogens (primary N) is 3. The first-order valence-corrected chi connectivity index (χ1v) is 3.93. The third kappa shape index (κ3) is 9.39. The van der Waals surface area contributed by atoms with Crippen LogP contribution in [-0.4, -0.2) is 18.5 Å². The lowest BCUT2D eigenvalue weighted by Crippen LogP contribution is -2.36. The van der Waals surface area contributed by atoms with Crippen LogP contribution in [0.3, 0.4) is 0 Å². The van der Waals surface area contributed by atoms with Crippen LogP contribution in [0.4, 0.5) is 0 Å². The lowest BCUT2D eigenvalue weighted by molar-refractivity contribution is -0.119. The summed E-state index contributed by atoms with van der Waals surface area (Å²) in [7, 11) is 0. The largest absolute Gasteiger partial charge is 0.368 e. The molecule has 4 heteroatoms. The van der Waals surface area contributed by atoms with Gasteiger partial charge < -0.3 is 17.2 Å². The summed E-state index contributed by atoms with van der Waals surface area (Å²) in [5.41, 5.74) is 15.3. The molecule has 0 aliphatic heterocycles. The molecule has 0 rings (SSSR count). The highest BCUT2D eigenvalue weighted by molar-refractivity contribution is 5.79. The van der Waals surface area contributed by atoms with Crippen molar-refractivity contribution >= 4 is 5.91 Å². The minimum absolute atomic E-state index is 0.455. The molecule has 0 aromatic carbocycles. The van der Waals surface area contributed by atoms with E-state index in [2.05, 4.69) is 0 Å². The Labute approximate surface area is 68.1 Å². The van der Waals surface area contributed by atoms with Gasteiger partial charge in [-0.2, -0.15) is 0 Å². The van der Waals surface area contributed by atoms with Gasteiger partial charge in [0.2, 0.25) is 5.91 Å². The molecule has 0 saturated heterocycles. The monoisotopic (exact) mass is 161 g/mol. The molecule has 0 radical (unpaired) electrons. The normalized spacial score (nSPS) is 11.3. The van der Waals surface area contributed by atoms with Gasteiger partial charge in [0.1, 0.15) is 0 Å². The molecule has 0 aliphatic carbocycles. The Morgan fingerprint density at radius 2 is 1.91 bits per heavy atom. The van der Waals surface area contributed by atoms with Gasteiger partial charge in [-0.05, 0) is 19.4 Å². The molecule has 0 aromatic heterocycles. The van der Waals surface area contributed by atoms with Crippen molar-refractivity contribution in [3.63, 3.8) is 0 Å². The standard InChI is InChI=1S/C5H13N3O.C2H6/c6-3-1-2-4(7)5(8)9;1-2/h4H,1-3,6-7H2,(H2,8,9);1-2H3. The van der Waals surface area contributed by atoms with Gasteiger partial charge in [0.25, 0.3) is 0 Å². The second kappa shape index (κ2) is 9.39. The highest BCUT2D eigenvalue weighted by atomic mass is 16.1. The second-order valence-electron chi connectivity index (χ2n) is 1.94. The lowest BCUT2D eigenvalue weighted by Gasteiger charge is -2.03. The predicted molar refractivity (Wildman–Crippen MR) is 46.8 cm³/mol. The maximum Gasteiger partial charge on any atom is 0.234 e. The van der Waals surface area contributed by atoms with Crippen molar-refractivity contribution in [1.29, 1.82) is 0 Å². The molecule has 0 spiro atoms. The first kappa shape index (κ1) is 13.0. The van der Waals surface area contributed by atoms with E-state index in [0.29, 0.717) is 13.0 Å². The smallest absolute Gasteiger partial charge is 0.234 e. The molecular formula is C7H19N3O. The molecule has 1 unspecified atom stereocenters. The molecule has 11 heavy (non-hydrogen) atoms. The third-order valence-electron chi connectivity index (χ3n) is 1.08. The Morgan fingerprint density at radius 1 is 1.45 bits per heavy atom. The number of carbonyl (C=O) groups is 1. The van der Waals surface area contributed by atoms with E-state index in [1.807, 2.05) is 13.8 Å². The summed E-state index contributed by atoms with van der Waals surface area (Å²) in [6.45, 7) is 4.56. The fraction of sp³-hybridized carbons (Fsp3) is 0.857. The maximum atomic E-state index is 10.3. The summed E-state index contributed by atoms with van der Waals surface area (Å²) in [5, 5.41) is 0. The van der Waals surface area contributed by atoms with E-state index in [0.717, 1.165) is 6.42 Å². The number of hydrogen-bond acceptors (Lipinski definition) is 3. The average molecular weight is 161 g/mol. The van der Waals surface area contributed by atoms with E-state index in [4.69, 9.17) is 17.2 Å². The average Bonchev–Trinajstić information content (AvgIpc) is 2.03. The van der Waals surface area contributed by atoms with Gasteiger partial charge in [0, 0.05) is 0 Å². The fourth-order valence-corrected chi connectivity index (χ4v) is 0.480. The van der Waals surface area contributed by atoms with Crippen LogP contribution in [0.15, 0.2) is 0 Å². The summed E-state index contributed by atoms with van der Waals surface area (Å²) in [6, 6.07) is -0.520. The Hall–Kier alpha value is -0.610. The minimum Gasteiger partial charge on any atom is -0.368 e. The van der Waals surface area contributed by atoms with E-state index >= 15 is 0 Å². The van der Waals surface area contributed by atoms with Gasteiger partial charge in [-0.3, -0.25) is 4.79 Å². The first-order chi connectivity index (χ1) is 5.18. The Morgan fingerprint density at radius 3 is 2.18 bits per heavy atom. The first-order valence-electron chi connectivity index (χ1n) is 3.93. The summed E-state index contributed by atoms with van der Waals surface area (Å²) >= 11 is 0. The van der Waals surface area contributed by atoms with Crippen molar-refractivity contribution in [3.05, 3.63) is 0 Å². The highest BCUT2D eigenvalue weighted by Crippen LogP contribution is 1.89. The number of hydrogen-bond donors (Lipinski definition) is 3. The maximum absolute atomic E-state index is 10.3. The molecule has 0 aromatic rings. The molecule has 0 heterocycles. The number of amides is 1. The van der Waals surface area contributed by atoms with Gasteiger partial charge in [0.15, 0.2) is 0 Å². The van der Waals surface area contributed by atoms with Crippen molar-refractivity contribution in [1.82, 2.24) is 0 Å². The van der Waals surface area contributed by atoms with Crippen molar-refractivity contribution in [2.45, 2.75) is 32.7 Å². The van der Waals surface area contributed by atoms with Crippen LogP contribution in [0.5, 0.6) is 0 Å². The lowest BCUT2D eigenvalue weighted by atomic mass is 10.1.